The maximum absolute atomic E-state index is 13.8. The van der Waals surface area contributed by atoms with Gasteiger partial charge in [0.15, 0.2) is 0 Å². The fraction of sp³-hybridized carbons (Fsp3) is 0.278. The first-order valence-electron chi connectivity index (χ1n) is 8.11. The molecule has 0 aromatic heterocycles. The van der Waals surface area contributed by atoms with Crippen LogP contribution in [0.5, 0.6) is 0 Å². The molecule has 0 bridgehead atoms. The van der Waals surface area contributed by atoms with Crippen LogP contribution in [0, 0.1) is 5.82 Å². The minimum absolute atomic E-state index is 0. The van der Waals surface area contributed by atoms with Crippen molar-refractivity contribution in [1.82, 2.24) is 4.90 Å². The van der Waals surface area contributed by atoms with E-state index in [9.17, 15) is 17.6 Å². The zero-order valence-corrected chi connectivity index (χ0v) is 16.5. The summed E-state index contributed by atoms with van der Waals surface area (Å²) in [6.07, 6.45) is 1.57. The molecule has 9 heteroatoms. The van der Waals surface area contributed by atoms with Crippen LogP contribution in [0.3, 0.4) is 0 Å². The molecular weight excluding hydrogens is 393 g/mol. The molecule has 1 amide bonds. The van der Waals surface area contributed by atoms with Crippen molar-refractivity contribution in [2.45, 2.75) is 6.42 Å². The molecule has 0 aliphatic rings. The van der Waals surface area contributed by atoms with Crippen LogP contribution >= 0.6 is 12.4 Å². The molecule has 2 rings (SSSR count). The van der Waals surface area contributed by atoms with Crippen molar-refractivity contribution in [2.75, 3.05) is 30.6 Å². The van der Waals surface area contributed by atoms with E-state index in [2.05, 4.69) is 4.72 Å². The summed E-state index contributed by atoms with van der Waals surface area (Å²) < 4.78 is 38.6. The second-order valence-corrected chi connectivity index (χ2v) is 7.63. The van der Waals surface area contributed by atoms with Gasteiger partial charge in [0.05, 0.1) is 11.9 Å². The summed E-state index contributed by atoms with van der Waals surface area (Å²) in [6.45, 7) is 1.08. The number of amides is 1. The van der Waals surface area contributed by atoms with E-state index in [1.54, 1.807) is 4.90 Å². The van der Waals surface area contributed by atoms with E-state index in [-0.39, 0.29) is 36.1 Å². The Hall–Kier alpha value is -2.16. The van der Waals surface area contributed by atoms with Crippen molar-refractivity contribution < 1.29 is 17.6 Å². The number of sulfonamides is 1. The van der Waals surface area contributed by atoms with Crippen LogP contribution < -0.4 is 10.5 Å². The van der Waals surface area contributed by atoms with Gasteiger partial charge in [-0.05, 0) is 30.2 Å². The molecule has 0 aliphatic heterocycles. The highest BCUT2D eigenvalue weighted by atomic mass is 35.5. The van der Waals surface area contributed by atoms with Gasteiger partial charge in [-0.1, -0.05) is 30.3 Å². The number of carbonyl (C=O) groups excluding carboxylic acids is 1. The number of benzene rings is 2. The smallest absolute Gasteiger partial charge is 0.253 e. The Morgan fingerprint density at radius 2 is 1.81 bits per heavy atom. The Kier molecular flexibility index (Phi) is 8.68. The monoisotopic (exact) mass is 415 g/mol. The van der Waals surface area contributed by atoms with Gasteiger partial charge in [0.2, 0.25) is 10.0 Å². The maximum Gasteiger partial charge on any atom is 0.253 e. The average Bonchev–Trinajstić information content (AvgIpc) is 2.59. The first-order chi connectivity index (χ1) is 12.3. The quantitative estimate of drug-likeness (QED) is 0.691. The fourth-order valence-corrected chi connectivity index (χ4v) is 3.05. The molecule has 0 heterocycles. The lowest BCUT2D eigenvalue weighted by atomic mass is 10.1. The van der Waals surface area contributed by atoms with E-state index in [4.69, 9.17) is 5.73 Å². The Balaban J connectivity index is 0.00000364. The van der Waals surface area contributed by atoms with Crippen molar-refractivity contribution in [3.8, 4) is 0 Å². The van der Waals surface area contributed by atoms with Gasteiger partial charge in [-0.2, -0.15) is 0 Å². The van der Waals surface area contributed by atoms with Gasteiger partial charge in [0, 0.05) is 25.2 Å². The third kappa shape index (κ3) is 7.16. The van der Waals surface area contributed by atoms with Gasteiger partial charge < -0.3 is 10.6 Å². The van der Waals surface area contributed by atoms with Crippen LogP contribution in [0.15, 0.2) is 48.5 Å². The highest BCUT2D eigenvalue weighted by Gasteiger charge is 2.18. The van der Waals surface area contributed by atoms with E-state index in [0.717, 1.165) is 17.9 Å². The predicted molar refractivity (Wildman–Crippen MR) is 107 cm³/mol. The lowest BCUT2D eigenvalue weighted by Crippen LogP contribution is -2.37. The number of hydrogen-bond donors (Lipinski definition) is 2. The molecule has 0 spiro atoms. The summed E-state index contributed by atoms with van der Waals surface area (Å²) in [5.41, 5.74) is 6.63. The third-order valence-corrected chi connectivity index (χ3v) is 4.30. The van der Waals surface area contributed by atoms with Crippen molar-refractivity contribution in [1.29, 1.82) is 0 Å². The zero-order chi connectivity index (χ0) is 19.2. The normalized spacial score (nSPS) is 10.8. The molecule has 2 aromatic carbocycles. The molecule has 6 nitrogen and oxygen atoms in total. The number of nitrogens with zero attached hydrogens (tertiary/aromatic N) is 1. The molecule has 0 saturated heterocycles. The summed E-state index contributed by atoms with van der Waals surface area (Å²) in [5, 5.41) is 0. The highest BCUT2D eigenvalue weighted by molar-refractivity contribution is 7.92. The number of hydrogen-bond acceptors (Lipinski definition) is 4. The number of nitrogens with one attached hydrogen (secondary N) is 1. The molecule has 0 atom stereocenters. The Morgan fingerprint density at radius 1 is 1.15 bits per heavy atom. The van der Waals surface area contributed by atoms with Crippen LogP contribution in [0.4, 0.5) is 10.1 Å². The van der Waals surface area contributed by atoms with Gasteiger partial charge >= 0.3 is 0 Å². The number of carbonyl (C=O) groups is 1. The van der Waals surface area contributed by atoms with Gasteiger partial charge in [-0.25, -0.2) is 12.8 Å². The largest absolute Gasteiger partial charge is 0.337 e. The second kappa shape index (κ2) is 10.2. The zero-order valence-electron chi connectivity index (χ0n) is 14.9. The molecule has 0 unspecified atom stereocenters. The Labute approximate surface area is 165 Å². The Bertz CT molecular complexity index is 863. The van der Waals surface area contributed by atoms with Gasteiger partial charge in [0.1, 0.15) is 5.82 Å². The number of anilines is 1. The topological polar surface area (TPSA) is 92.5 Å². The van der Waals surface area contributed by atoms with Crippen molar-refractivity contribution in [3.05, 3.63) is 65.5 Å². The Morgan fingerprint density at radius 3 is 2.41 bits per heavy atom. The molecule has 3 N–H and O–H groups in total. The van der Waals surface area contributed by atoms with Crippen LogP contribution in [0.2, 0.25) is 0 Å². The average molecular weight is 416 g/mol. The van der Waals surface area contributed by atoms with Gasteiger partial charge in [-0.3, -0.25) is 9.52 Å². The van der Waals surface area contributed by atoms with Crippen LogP contribution in [-0.2, 0) is 16.4 Å². The van der Waals surface area contributed by atoms with E-state index >= 15 is 0 Å². The summed E-state index contributed by atoms with van der Waals surface area (Å²) >= 11 is 0. The predicted octanol–water partition coefficient (Wildman–Crippen LogP) is 2.26. The summed E-state index contributed by atoms with van der Waals surface area (Å²) in [6, 6.07) is 13.3. The first kappa shape index (κ1) is 22.9. The minimum Gasteiger partial charge on any atom is -0.337 e. The molecular formula is C18H23ClFN3O3S. The van der Waals surface area contributed by atoms with Gasteiger partial charge in [-0.15, -0.1) is 12.4 Å². The SMILES string of the molecule is CS(=O)(=O)Nc1cc(C(=O)N(CCN)CCc2ccccc2)ccc1F.Cl. The minimum atomic E-state index is -3.65. The molecule has 0 aliphatic carbocycles. The number of nitrogens with two attached hydrogens (primary N) is 1. The number of halogens is 2. The van der Waals surface area contributed by atoms with E-state index in [1.807, 2.05) is 30.3 Å². The third-order valence-electron chi connectivity index (χ3n) is 3.71. The van der Waals surface area contributed by atoms with E-state index in [1.165, 1.54) is 12.1 Å². The summed E-state index contributed by atoms with van der Waals surface area (Å²) in [7, 11) is -3.65. The fourth-order valence-electron chi connectivity index (χ4n) is 2.50. The van der Waals surface area contributed by atoms with Crippen LogP contribution in [-0.4, -0.2) is 45.1 Å². The van der Waals surface area contributed by atoms with Crippen molar-refractivity contribution in [2.24, 2.45) is 5.73 Å². The number of rotatable bonds is 8. The summed E-state index contributed by atoms with van der Waals surface area (Å²) in [4.78, 5) is 14.3. The molecule has 148 valence electrons. The maximum atomic E-state index is 13.8. The molecule has 0 radical (unpaired) electrons. The molecule has 0 saturated carbocycles. The van der Waals surface area contributed by atoms with Crippen LogP contribution in [0.25, 0.3) is 0 Å². The lowest BCUT2D eigenvalue weighted by Gasteiger charge is -2.22. The highest BCUT2D eigenvalue weighted by Crippen LogP contribution is 2.19. The van der Waals surface area contributed by atoms with E-state index in [0.29, 0.717) is 19.5 Å². The standard InChI is InChI=1S/C18H22FN3O3S.ClH/c1-26(24,25)21-17-13-15(7-8-16(17)19)18(23)22(12-10-20)11-9-14-5-3-2-4-6-14;/h2-8,13,21H,9-12,20H2,1H3;1H. The first-order valence-corrected chi connectivity index (χ1v) is 10.00. The van der Waals surface area contributed by atoms with E-state index < -0.39 is 15.8 Å². The summed E-state index contributed by atoms with van der Waals surface area (Å²) in [5.74, 6) is -1.08. The van der Waals surface area contributed by atoms with Gasteiger partial charge in [0.25, 0.3) is 5.91 Å². The molecule has 27 heavy (non-hydrogen) atoms. The van der Waals surface area contributed by atoms with Crippen molar-refractivity contribution in [3.63, 3.8) is 0 Å². The second-order valence-electron chi connectivity index (χ2n) is 5.89. The molecule has 2 aromatic rings. The lowest BCUT2D eigenvalue weighted by molar-refractivity contribution is 0.0762. The van der Waals surface area contributed by atoms with Crippen LogP contribution in [0.1, 0.15) is 15.9 Å². The molecule has 0 fully saturated rings. The van der Waals surface area contributed by atoms with Crippen molar-refractivity contribution >= 4 is 34.0 Å².